The van der Waals surface area contributed by atoms with Crippen LogP contribution < -0.4 is 11.1 Å². The largest absolute Gasteiger partial charge is 0.385 e. The number of hydrogen-bond acceptors (Lipinski definition) is 5. The highest BCUT2D eigenvalue weighted by atomic mass is 15.2. The Bertz CT molecular complexity index is 228. The molecule has 0 aromatic carbocycles. The summed E-state index contributed by atoms with van der Waals surface area (Å²) >= 11 is 0. The molecule has 0 saturated heterocycles. The van der Waals surface area contributed by atoms with Crippen LogP contribution in [0.15, 0.2) is 15.0 Å². The Kier molecular flexibility index (Phi) is 0.969. The summed E-state index contributed by atoms with van der Waals surface area (Å²) in [6.07, 6.45) is 3.05. The third-order valence-corrected chi connectivity index (χ3v) is 1.52. The summed E-state index contributed by atoms with van der Waals surface area (Å²) in [6, 6.07) is -0.0787. The molecule has 0 aromatic heterocycles. The van der Waals surface area contributed by atoms with Crippen LogP contribution in [-0.4, -0.2) is 30.7 Å². The first kappa shape index (κ1) is 5.40. The molecule has 1 unspecified atom stereocenters. The Labute approximate surface area is 57.8 Å². The summed E-state index contributed by atoms with van der Waals surface area (Å²) in [5.41, 5.74) is 5.52. The van der Waals surface area contributed by atoms with E-state index in [4.69, 9.17) is 5.73 Å². The van der Waals surface area contributed by atoms with Gasteiger partial charge in [0.2, 0.25) is 0 Å². The van der Waals surface area contributed by atoms with Gasteiger partial charge in [0.05, 0.1) is 6.34 Å². The van der Waals surface area contributed by atoms with Crippen molar-refractivity contribution in [3.8, 4) is 0 Å². The fraction of sp³-hybridized carbons (Fsp3) is 0.400. The van der Waals surface area contributed by atoms with Gasteiger partial charge in [-0.1, -0.05) is 0 Å². The Morgan fingerprint density at radius 3 is 3.20 bits per heavy atom. The molecule has 10 heavy (non-hydrogen) atoms. The van der Waals surface area contributed by atoms with Crippen LogP contribution in [0.1, 0.15) is 0 Å². The molecule has 0 radical (unpaired) electrons. The Morgan fingerprint density at radius 1 is 1.50 bits per heavy atom. The summed E-state index contributed by atoms with van der Waals surface area (Å²) < 4.78 is 0. The minimum Gasteiger partial charge on any atom is -0.385 e. The van der Waals surface area contributed by atoms with Gasteiger partial charge < -0.3 is 11.1 Å². The van der Waals surface area contributed by atoms with Crippen molar-refractivity contribution in [2.75, 3.05) is 0 Å². The number of amidine groups is 1. The van der Waals surface area contributed by atoms with Crippen LogP contribution in [0, 0.1) is 0 Å². The lowest BCUT2D eigenvalue weighted by molar-refractivity contribution is 0.632. The maximum atomic E-state index is 5.52. The van der Waals surface area contributed by atoms with Crippen molar-refractivity contribution in [2.24, 2.45) is 20.7 Å². The molecule has 0 aliphatic carbocycles. The summed E-state index contributed by atoms with van der Waals surface area (Å²) in [5, 5.41) is 2.94. The van der Waals surface area contributed by atoms with Crippen molar-refractivity contribution < 1.29 is 0 Å². The van der Waals surface area contributed by atoms with E-state index in [9.17, 15) is 0 Å². The van der Waals surface area contributed by atoms with Gasteiger partial charge in [-0.3, -0.25) is 4.99 Å². The Hall–Kier alpha value is -1.39. The first-order valence-corrected chi connectivity index (χ1v) is 3.00. The van der Waals surface area contributed by atoms with Crippen LogP contribution in [0.2, 0.25) is 0 Å². The van der Waals surface area contributed by atoms with Crippen molar-refractivity contribution in [1.29, 1.82) is 0 Å². The second-order valence-electron chi connectivity index (χ2n) is 2.15. The van der Waals surface area contributed by atoms with Crippen LogP contribution >= 0.6 is 0 Å². The fourth-order valence-corrected chi connectivity index (χ4v) is 0.983. The van der Waals surface area contributed by atoms with E-state index in [0.717, 1.165) is 0 Å². The molecule has 5 heteroatoms. The fourth-order valence-electron chi connectivity index (χ4n) is 0.983. The highest BCUT2D eigenvalue weighted by molar-refractivity contribution is 5.96. The molecule has 0 fully saturated rings. The van der Waals surface area contributed by atoms with Gasteiger partial charge >= 0.3 is 0 Å². The Balaban J connectivity index is 2.30. The quantitative estimate of drug-likeness (QED) is 0.436. The molecule has 52 valence electrons. The molecule has 0 spiro atoms. The molecule has 2 aliphatic rings. The average Bonchev–Trinajstić information content (AvgIpc) is 2.36. The van der Waals surface area contributed by atoms with Gasteiger partial charge in [0.15, 0.2) is 6.17 Å². The van der Waals surface area contributed by atoms with Gasteiger partial charge in [-0.15, -0.1) is 0 Å². The summed E-state index contributed by atoms with van der Waals surface area (Å²) in [6.45, 7) is 0. The molecular weight excluding hydrogens is 130 g/mol. The maximum Gasteiger partial charge on any atom is 0.151 e. The monoisotopic (exact) mass is 137 g/mol. The SMILES string of the molecule is NC1=NC=NC2NC=N[C@H]12. The summed E-state index contributed by atoms with van der Waals surface area (Å²) in [7, 11) is 0. The predicted octanol–water partition coefficient (Wildman–Crippen LogP) is -1.29. The van der Waals surface area contributed by atoms with Gasteiger partial charge in [-0.05, 0) is 0 Å². The van der Waals surface area contributed by atoms with Crippen LogP contribution in [0.5, 0.6) is 0 Å². The van der Waals surface area contributed by atoms with E-state index in [2.05, 4.69) is 20.3 Å². The molecule has 0 bridgehead atoms. The first-order valence-electron chi connectivity index (χ1n) is 3.00. The van der Waals surface area contributed by atoms with E-state index in [1.807, 2.05) is 0 Å². The van der Waals surface area contributed by atoms with Crippen LogP contribution in [0.3, 0.4) is 0 Å². The lowest BCUT2D eigenvalue weighted by Crippen LogP contribution is -2.41. The molecule has 2 rings (SSSR count). The number of fused-ring (bicyclic) bond motifs is 1. The van der Waals surface area contributed by atoms with Crippen LogP contribution in [-0.2, 0) is 0 Å². The van der Waals surface area contributed by atoms with Crippen molar-refractivity contribution in [3.05, 3.63) is 0 Å². The van der Waals surface area contributed by atoms with Gasteiger partial charge in [-0.2, -0.15) is 0 Å². The molecule has 2 aliphatic heterocycles. The molecule has 5 nitrogen and oxygen atoms in total. The van der Waals surface area contributed by atoms with Crippen molar-refractivity contribution in [3.63, 3.8) is 0 Å². The molecule has 0 saturated carbocycles. The topological polar surface area (TPSA) is 75.1 Å². The lowest BCUT2D eigenvalue weighted by Gasteiger charge is -2.15. The molecule has 0 aromatic rings. The van der Waals surface area contributed by atoms with E-state index in [-0.39, 0.29) is 12.2 Å². The van der Waals surface area contributed by atoms with Crippen molar-refractivity contribution in [2.45, 2.75) is 12.2 Å². The lowest BCUT2D eigenvalue weighted by atomic mass is 10.2. The first-order chi connectivity index (χ1) is 4.88. The number of nitrogens with two attached hydrogens (primary N) is 1. The minimum atomic E-state index is -0.0787. The summed E-state index contributed by atoms with van der Waals surface area (Å²) in [5.74, 6) is 0.529. The van der Waals surface area contributed by atoms with Crippen LogP contribution in [0.25, 0.3) is 0 Å². The molecule has 2 atom stereocenters. The van der Waals surface area contributed by atoms with Gasteiger partial charge in [0, 0.05) is 0 Å². The highest BCUT2D eigenvalue weighted by Crippen LogP contribution is 2.07. The zero-order valence-electron chi connectivity index (χ0n) is 5.23. The number of rotatable bonds is 0. The van der Waals surface area contributed by atoms with E-state index in [1.54, 1.807) is 6.34 Å². The van der Waals surface area contributed by atoms with E-state index in [1.165, 1.54) is 6.34 Å². The molecule has 0 amide bonds. The number of hydrogen-bond donors (Lipinski definition) is 2. The Morgan fingerprint density at radius 2 is 2.40 bits per heavy atom. The van der Waals surface area contributed by atoms with Crippen molar-refractivity contribution >= 4 is 18.5 Å². The van der Waals surface area contributed by atoms with Crippen molar-refractivity contribution in [1.82, 2.24) is 5.32 Å². The zero-order chi connectivity index (χ0) is 6.97. The summed E-state index contributed by atoms with van der Waals surface area (Å²) in [4.78, 5) is 11.9. The average molecular weight is 137 g/mol. The molecular formula is C5H7N5. The zero-order valence-corrected chi connectivity index (χ0v) is 5.23. The normalized spacial score (nSPS) is 35.0. The van der Waals surface area contributed by atoms with Gasteiger partial charge in [0.25, 0.3) is 0 Å². The van der Waals surface area contributed by atoms with E-state index in [0.29, 0.717) is 5.84 Å². The highest BCUT2D eigenvalue weighted by Gasteiger charge is 2.27. The van der Waals surface area contributed by atoms with Gasteiger partial charge in [0.1, 0.15) is 18.2 Å². The molecule has 3 N–H and O–H groups in total. The maximum absolute atomic E-state index is 5.52. The standard InChI is InChI=1S/C5H7N5/c6-4-3-5(9-1-7-3)10-2-8-4/h1-3,5H,(H,7,9)(H2,6,8,10)/t3-,5?/m1/s1. The van der Waals surface area contributed by atoms with Gasteiger partial charge in [-0.25, -0.2) is 9.98 Å². The van der Waals surface area contributed by atoms with E-state index < -0.39 is 0 Å². The molecule has 2 heterocycles. The number of nitrogens with one attached hydrogen (secondary N) is 1. The smallest absolute Gasteiger partial charge is 0.151 e. The third kappa shape index (κ3) is 0.601. The second-order valence-corrected chi connectivity index (χ2v) is 2.15. The number of nitrogens with zero attached hydrogens (tertiary/aromatic N) is 3. The predicted molar refractivity (Wildman–Crippen MR) is 39.3 cm³/mol. The van der Waals surface area contributed by atoms with Crippen LogP contribution in [0.4, 0.5) is 0 Å². The van der Waals surface area contributed by atoms with E-state index >= 15 is 0 Å². The third-order valence-electron chi connectivity index (χ3n) is 1.52. The second kappa shape index (κ2) is 1.80. The minimum absolute atomic E-state index is 0.0162. The number of aliphatic imine (C=N–C) groups is 3.